The first kappa shape index (κ1) is 13.9. The van der Waals surface area contributed by atoms with E-state index in [9.17, 15) is 5.11 Å². The van der Waals surface area contributed by atoms with Gasteiger partial charge in [-0.15, -0.1) is 0 Å². The minimum Gasteiger partial charge on any atom is -0.507 e. The van der Waals surface area contributed by atoms with Crippen LogP contribution in [0.3, 0.4) is 0 Å². The summed E-state index contributed by atoms with van der Waals surface area (Å²) in [5.41, 5.74) is 3.15. The smallest absolute Gasteiger partial charge is 0.124 e. The quantitative estimate of drug-likeness (QED) is 0.770. The number of hydrogen-bond acceptors (Lipinski definition) is 2. The van der Waals surface area contributed by atoms with Crippen molar-refractivity contribution in [2.45, 2.75) is 38.0 Å². The molecule has 2 heteroatoms. The summed E-state index contributed by atoms with van der Waals surface area (Å²) in [6, 6.07) is 15.7. The summed E-state index contributed by atoms with van der Waals surface area (Å²) in [5.74, 6) is 0.910. The van der Waals surface area contributed by atoms with Crippen LogP contribution in [0.4, 0.5) is 5.69 Å². The Labute approximate surface area is 126 Å². The van der Waals surface area contributed by atoms with Gasteiger partial charge >= 0.3 is 0 Å². The van der Waals surface area contributed by atoms with Crippen LogP contribution in [-0.2, 0) is 0 Å². The highest BCUT2D eigenvalue weighted by Crippen LogP contribution is 2.37. The molecule has 0 unspecified atom stereocenters. The monoisotopic (exact) mass is 279 g/mol. The van der Waals surface area contributed by atoms with E-state index >= 15 is 0 Å². The van der Waals surface area contributed by atoms with Crippen LogP contribution >= 0.6 is 0 Å². The molecular formula is C19H21NO. The lowest BCUT2D eigenvalue weighted by Gasteiger charge is -2.23. The third-order valence-corrected chi connectivity index (χ3v) is 4.26. The van der Waals surface area contributed by atoms with Crippen molar-refractivity contribution in [1.82, 2.24) is 0 Å². The first-order chi connectivity index (χ1) is 10.3. The predicted octanol–water partition coefficient (Wildman–Crippen LogP) is 5.19. The van der Waals surface area contributed by atoms with E-state index in [0.717, 1.165) is 11.3 Å². The highest BCUT2D eigenvalue weighted by Gasteiger charge is 2.17. The van der Waals surface area contributed by atoms with E-state index in [2.05, 4.69) is 23.2 Å². The van der Waals surface area contributed by atoms with Gasteiger partial charge in [-0.3, -0.25) is 4.99 Å². The molecule has 1 aliphatic rings. The Bertz CT molecular complexity index is 627. The lowest BCUT2D eigenvalue weighted by atomic mass is 9.83. The van der Waals surface area contributed by atoms with Crippen LogP contribution in [-0.4, -0.2) is 11.3 Å². The average Bonchev–Trinajstić information content (AvgIpc) is 2.55. The van der Waals surface area contributed by atoms with Crippen molar-refractivity contribution < 1.29 is 5.11 Å². The van der Waals surface area contributed by atoms with Gasteiger partial charge in [0.1, 0.15) is 5.75 Å². The van der Waals surface area contributed by atoms with Gasteiger partial charge in [-0.05, 0) is 42.5 Å². The Morgan fingerprint density at radius 3 is 2.43 bits per heavy atom. The van der Waals surface area contributed by atoms with Gasteiger partial charge in [0.05, 0.1) is 5.69 Å². The van der Waals surface area contributed by atoms with Crippen molar-refractivity contribution in [2.24, 2.45) is 4.99 Å². The largest absolute Gasteiger partial charge is 0.507 e. The zero-order chi connectivity index (χ0) is 14.5. The van der Waals surface area contributed by atoms with Gasteiger partial charge in [-0.25, -0.2) is 0 Å². The molecule has 108 valence electrons. The molecule has 0 spiro atoms. The van der Waals surface area contributed by atoms with Crippen LogP contribution in [0, 0.1) is 0 Å². The molecule has 0 radical (unpaired) electrons. The van der Waals surface area contributed by atoms with E-state index < -0.39 is 0 Å². The van der Waals surface area contributed by atoms with E-state index in [1.165, 1.54) is 37.7 Å². The second kappa shape index (κ2) is 6.57. The molecule has 2 aromatic carbocycles. The van der Waals surface area contributed by atoms with Crippen molar-refractivity contribution in [3.05, 3.63) is 59.7 Å². The van der Waals surface area contributed by atoms with E-state index in [0.29, 0.717) is 5.92 Å². The molecule has 0 heterocycles. The third kappa shape index (κ3) is 3.33. The number of aromatic hydroxyl groups is 1. The minimum atomic E-state index is 0.274. The Hall–Kier alpha value is -2.09. The van der Waals surface area contributed by atoms with E-state index in [4.69, 9.17) is 0 Å². The maximum absolute atomic E-state index is 9.82. The predicted molar refractivity (Wildman–Crippen MR) is 87.6 cm³/mol. The number of benzene rings is 2. The third-order valence-electron chi connectivity index (χ3n) is 4.26. The zero-order valence-corrected chi connectivity index (χ0v) is 12.2. The lowest BCUT2D eigenvalue weighted by Crippen LogP contribution is -2.04. The zero-order valence-electron chi connectivity index (χ0n) is 12.2. The van der Waals surface area contributed by atoms with Crippen LogP contribution < -0.4 is 0 Å². The molecule has 0 bridgehead atoms. The van der Waals surface area contributed by atoms with Gasteiger partial charge in [-0.1, -0.05) is 49.6 Å². The molecular weight excluding hydrogens is 258 g/mol. The maximum atomic E-state index is 9.82. The van der Waals surface area contributed by atoms with Crippen LogP contribution in [0.1, 0.15) is 49.1 Å². The van der Waals surface area contributed by atoms with Crippen molar-refractivity contribution in [3.8, 4) is 5.75 Å². The molecule has 0 aromatic heterocycles. The summed E-state index contributed by atoms with van der Waals surface area (Å²) >= 11 is 0. The van der Waals surface area contributed by atoms with Gasteiger partial charge in [-0.2, -0.15) is 0 Å². The second-order valence-electron chi connectivity index (χ2n) is 5.71. The van der Waals surface area contributed by atoms with Crippen LogP contribution in [0.15, 0.2) is 53.5 Å². The second-order valence-corrected chi connectivity index (χ2v) is 5.71. The fourth-order valence-corrected chi connectivity index (χ4v) is 3.10. The fraction of sp³-hybridized carbons (Fsp3) is 0.316. The van der Waals surface area contributed by atoms with Crippen LogP contribution in [0.2, 0.25) is 0 Å². The molecule has 0 amide bonds. The topological polar surface area (TPSA) is 32.6 Å². The number of para-hydroxylation sites is 2. The first-order valence-corrected chi connectivity index (χ1v) is 7.75. The number of hydrogen-bond donors (Lipinski definition) is 1. The molecule has 0 saturated heterocycles. The molecule has 0 aliphatic heterocycles. The number of phenolic OH excluding ortho intramolecular Hbond substituents is 1. The summed E-state index contributed by atoms with van der Waals surface area (Å²) in [5, 5.41) is 9.82. The van der Waals surface area contributed by atoms with E-state index in [1.54, 1.807) is 12.3 Å². The van der Waals surface area contributed by atoms with Crippen LogP contribution in [0.5, 0.6) is 5.75 Å². The van der Waals surface area contributed by atoms with Crippen molar-refractivity contribution in [1.29, 1.82) is 0 Å². The maximum Gasteiger partial charge on any atom is 0.124 e. The normalized spacial score (nSPS) is 16.4. The molecule has 0 atom stereocenters. The van der Waals surface area contributed by atoms with Crippen molar-refractivity contribution >= 4 is 11.9 Å². The lowest BCUT2D eigenvalue weighted by molar-refractivity contribution is 0.444. The molecule has 1 N–H and O–H groups in total. The first-order valence-electron chi connectivity index (χ1n) is 7.75. The molecule has 1 saturated carbocycles. The molecule has 1 aliphatic carbocycles. The summed E-state index contributed by atoms with van der Waals surface area (Å²) in [6.07, 6.45) is 8.30. The highest BCUT2D eigenvalue weighted by molar-refractivity contribution is 5.85. The van der Waals surface area contributed by atoms with Gasteiger partial charge < -0.3 is 5.11 Å². The standard InChI is InChI=1S/C19H21NO/c21-19-13-7-4-10-16(19)14-20-18-12-6-5-11-17(18)15-8-2-1-3-9-15/h4-7,10-15,21H,1-3,8-9H2. The van der Waals surface area contributed by atoms with Crippen molar-refractivity contribution in [2.75, 3.05) is 0 Å². The van der Waals surface area contributed by atoms with Gasteiger partial charge in [0, 0.05) is 11.8 Å². The number of rotatable bonds is 3. The number of phenols is 1. The van der Waals surface area contributed by atoms with Gasteiger partial charge in [0.25, 0.3) is 0 Å². The van der Waals surface area contributed by atoms with Gasteiger partial charge in [0.2, 0.25) is 0 Å². The summed E-state index contributed by atoms with van der Waals surface area (Å²) in [7, 11) is 0. The fourth-order valence-electron chi connectivity index (χ4n) is 3.10. The van der Waals surface area contributed by atoms with Crippen LogP contribution in [0.25, 0.3) is 0 Å². The Morgan fingerprint density at radius 2 is 1.62 bits per heavy atom. The van der Waals surface area contributed by atoms with Gasteiger partial charge in [0.15, 0.2) is 0 Å². The van der Waals surface area contributed by atoms with Crippen molar-refractivity contribution in [3.63, 3.8) is 0 Å². The molecule has 1 fully saturated rings. The van der Waals surface area contributed by atoms with E-state index in [-0.39, 0.29) is 5.75 Å². The average molecular weight is 279 g/mol. The highest BCUT2D eigenvalue weighted by atomic mass is 16.3. The Morgan fingerprint density at radius 1 is 0.905 bits per heavy atom. The minimum absolute atomic E-state index is 0.274. The molecule has 2 nitrogen and oxygen atoms in total. The number of nitrogens with zero attached hydrogens (tertiary/aromatic N) is 1. The van der Waals surface area contributed by atoms with E-state index in [1.807, 2.05) is 24.3 Å². The summed E-state index contributed by atoms with van der Waals surface area (Å²) in [6.45, 7) is 0. The summed E-state index contributed by atoms with van der Waals surface area (Å²) in [4.78, 5) is 4.63. The SMILES string of the molecule is Oc1ccccc1C=Nc1ccccc1C1CCCCC1. The summed E-state index contributed by atoms with van der Waals surface area (Å²) < 4.78 is 0. The number of aliphatic imine (C=N–C) groups is 1. The molecule has 21 heavy (non-hydrogen) atoms. The Balaban J connectivity index is 1.87. The molecule has 2 aromatic rings. The molecule has 3 rings (SSSR count). The Kier molecular flexibility index (Phi) is 4.34.